The van der Waals surface area contributed by atoms with E-state index in [1.165, 1.54) is 0 Å². The second kappa shape index (κ2) is 5.79. The van der Waals surface area contributed by atoms with Crippen LogP contribution in [0.15, 0.2) is 24.5 Å². The average Bonchev–Trinajstić information content (AvgIpc) is 3.18. The molecule has 1 aliphatic heterocycles. The van der Waals surface area contributed by atoms with E-state index in [0.717, 1.165) is 41.8 Å². The number of halogens is 1. The zero-order valence-electron chi connectivity index (χ0n) is 12.7. The van der Waals surface area contributed by atoms with Crippen molar-refractivity contribution in [2.45, 2.75) is 19.4 Å². The van der Waals surface area contributed by atoms with Gasteiger partial charge in [0, 0.05) is 35.4 Å². The maximum absolute atomic E-state index is 6.34. The number of anilines is 1. The molecule has 4 rings (SSSR count). The van der Waals surface area contributed by atoms with E-state index in [0.29, 0.717) is 22.7 Å². The summed E-state index contributed by atoms with van der Waals surface area (Å²) in [5.41, 5.74) is 3.46. The van der Waals surface area contributed by atoms with E-state index in [1.807, 2.05) is 25.3 Å². The summed E-state index contributed by atoms with van der Waals surface area (Å²) in [6.45, 7) is 3.92. The number of hydrogen-bond acceptors (Lipinski definition) is 5. The van der Waals surface area contributed by atoms with Crippen molar-refractivity contribution in [3.63, 3.8) is 0 Å². The molecule has 3 aromatic heterocycles. The Morgan fingerprint density at radius 1 is 1.30 bits per heavy atom. The van der Waals surface area contributed by atoms with Gasteiger partial charge in [-0.05, 0) is 32.0 Å². The third-order valence-electron chi connectivity index (χ3n) is 4.07. The second-order valence-electron chi connectivity index (χ2n) is 5.78. The second-order valence-corrected chi connectivity index (χ2v) is 6.18. The first-order valence-corrected chi connectivity index (χ1v) is 8.03. The van der Waals surface area contributed by atoms with Crippen molar-refractivity contribution in [2.75, 3.05) is 18.4 Å². The first kappa shape index (κ1) is 14.4. The van der Waals surface area contributed by atoms with Crippen LogP contribution in [0, 0.1) is 6.92 Å². The van der Waals surface area contributed by atoms with Gasteiger partial charge in [0.1, 0.15) is 5.65 Å². The fourth-order valence-corrected chi connectivity index (χ4v) is 3.08. The molecular formula is C16H17ClN6. The maximum Gasteiger partial charge on any atom is 0.223 e. The summed E-state index contributed by atoms with van der Waals surface area (Å²) in [5.74, 6) is 0.604. The molecule has 0 aromatic carbocycles. The van der Waals surface area contributed by atoms with Gasteiger partial charge < -0.3 is 15.6 Å². The van der Waals surface area contributed by atoms with Crippen LogP contribution in [-0.4, -0.2) is 39.1 Å². The predicted octanol–water partition coefficient (Wildman–Crippen LogP) is 2.76. The van der Waals surface area contributed by atoms with Crippen LogP contribution >= 0.6 is 11.6 Å². The highest BCUT2D eigenvalue weighted by molar-refractivity contribution is 6.33. The van der Waals surface area contributed by atoms with Crippen molar-refractivity contribution < 1.29 is 0 Å². The molecule has 0 aliphatic carbocycles. The molecule has 0 spiro atoms. The fraction of sp³-hybridized carbons (Fsp3) is 0.312. The SMILES string of the molecule is Cc1ccc2c(-c3nc(N[C@@H]4CCNC4)ncc3Cl)c[nH]c2n1. The lowest BCUT2D eigenvalue weighted by Gasteiger charge is -2.12. The summed E-state index contributed by atoms with van der Waals surface area (Å²) in [6.07, 6.45) is 4.61. The Kier molecular flexibility index (Phi) is 3.63. The summed E-state index contributed by atoms with van der Waals surface area (Å²) in [5, 5.41) is 8.21. The number of aromatic amines is 1. The standard InChI is InChI=1S/C16H17ClN6/c1-9-2-3-11-12(7-19-15(11)21-9)14-13(17)8-20-16(23-14)22-10-4-5-18-6-10/h2-3,7-8,10,18H,4-6H2,1H3,(H,19,21)(H,20,22,23)/t10-/m1/s1. The topological polar surface area (TPSA) is 78.5 Å². The number of H-pyrrole nitrogens is 1. The zero-order valence-corrected chi connectivity index (χ0v) is 13.5. The van der Waals surface area contributed by atoms with E-state index in [9.17, 15) is 0 Å². The van der Waals surface area contributed by atoms with Crippen LogP contribution in [-0.2, 0) is 0 Å². The van der Waals surface area contributed by atoms with E-state index in [4.69, 9.17) is 11.6 Å². The minimum absolute atomic E-state index is 0.358. The lowest BCUT2D eigenvalue weighted by Crippen LogP contribution is -2.23. The summed E-state index contributed by atoms with van der Waals surface area (Å²) >= 11 is 6.34. The smallest absolute Gasteiger partial charge is 0.223 e. The Hall–Kier alpha value is -2.18. The Bertz CT molecular complexity index is 853. The molecule has 1 saturated heterocycles. The normalized spacial score (nSPS) is 17.7. The number of hydrogen-bond donors (Lipinski definition) is 3. The third-order valence-corrected chi connectivity index (χ3v) is 4.35. The molecule has 0 saturated carbocycles. The zero-order chi connectivity index (χ0) is 15.8. The molecule has 1 aliphatic rings. The molecule has 6 nitrogen and oxygen atoms in total. The van der Waals surface area contributed by atoms with Crippen molar-refractivity contribution in [1.29, 1.82) is 0 Å². The van der Waals surface area contributed by atoms with E-state index in [2.05, 4.69) is 30.6 Å². The van der Waals surface area contributed by atoms with Crippen LogP contribution < -0.4 is 10.6 Å². The Balaban J connectivity index is 1.74. The molecule has 0 radical (unpaired) electrons. The van der Waals surface area contributed by atoms with Gasteiger partial charge in [-0.2, -0.15) is 0 Å². The number of rotatable bonds is 3. The molecular weight excluding hydrogens is 312 g/mol. The van der Waals surface area contributed by atoms with Crippen LogP contribution in [0.2, 0.25) is 5.02 Å². The molecule has 7 heteroatoms. The van der Waals surface area contributed by atoms with Gasteiger partial charge in [0.05, 0.1) is 16.9 Å². The van der Waals surface area contributed by atoms with Gasteiger partial charge in [-0.15, -0.1) is 0 Å². The lowest BCUT2D eigenvalue weighted by molar-refractivity contribution is 0.781. The van der Waals surface area contributed by atoms with E-state index in [-0.39, 0.29) is 0 Å². The van der Waals surface area contributed by atoms with Gasteiger partial charge in [0.2, 0.25) is 5.95 Å². The monoisotopic (exact) mass is 328 g/mol. The largest absolute Gasteiger partial charge is 0.350 e. The molecule has 3 aromatic rings. The summed E-state index contributed by atoms with van der Waals surface area (Å²) in [7, 11) is 0. The highest BCUT2D eigenvalue weighted by Gasteiger charge is 2.17. The van der Waals surface area contributed by atoms with Crippen LogP contribution in [0.5, 0.6) is 0 Å². The molecule has 0 amide bonds. The minimum Gasteiger partial charge on any atom is -0.350 e. The van der Waals surface area contributed by atoms with Crippen molar-refractivity contribution in [1.82, 2.24) is 25.3 Å². The minimum atomic E-state index is 0.358. The third kappa shape index (κ3) is 2.75. The van der Waals surface area contributed by atoms with Crippen LogP contribution in [0.4, 0.5) is 5.95 Å². The van der Waals surface area contributed by atoms with Crippen LogP contribution in [0.3, 0.4) is 0 Å². The highest BCUT2D eigenvalue weighted by atomic mass is 35.5. The van der Waals surface area contributed by atoms with Gasteiger partial charge in [0.15, 0.2) is 0 Å². The van der Waals surface area contributed by atoms with Crippen molar-refractivity contribution in [3.8, 4) is 11.3 Å². The van der Waals surface area contributed by atoms with Gasteiger partial charge in [-0.1, -0.05) is 11.6 Å². The number of pyridine rings is 1. The van der Waals surface area contributed by atoms with Gasteiger partial charge in [-0.25, -0.2) is 15.0 Å². The molecule has 1 fully saturated rings. The quantitative estimate of drug-likeness (QED) is 0.689. The van der Waals surface area contributed by atoms with E-state index < -0.39 is 0 Å². The van der Waals surface area contributed by atoms with Gasteiger partial charge in [-0.3, -0.25) is 0 Å². The molecule has 3 N–H and O–H groups in total. The van der Waals surface area contributed by atoms with E-state index >= 15 is 0 Å². The van der Waals surface area contributed by atoms with Gasteiger partial charge in [0.25, 0.3) is 0 Å². The average molecular weight is 329 g/mol. The lowest BCUT2D eigenvalue weighted by atomic mass is 10.1. The van der Waals surface area contributed by atoms with Gasteiger partial charge >= 0.3 is 0 Å². The first-order chi connectivity index (χ1) is 11.2. The number of aryl methyl sites for hydroxylation is 1. The number of nitrogens with one attached hydrogen (secondary N) is 3. The Morgan fingerprint density at radius 2 is 2.22 bits per heavy atom. The molecule has 118 valence electrons. The molecule has 1 atom stereocenters. The fourth-order valence-electron chi connectivity index (χ4n) is 2.88. The molecule has 23 heavy (non-hydrogen) atoms. The van der Waals surface area contributed by atoms with Crippen LogP contribution in [0.1, 0.15) is 12.1 Å². The number of nitrogens with zero attached hydrogens (tertiary/aromatic N) is 3. The van der Waals surface area contributed by atoms with Crippen molar-refractivity contribution in [2.24, 2.45) is 0 Å². The Morgan fingerprint density at radius 3 is 3.04 bits per heavy atom. The summed E-state index contributed by atoms with van der Waals surface area (Å²) < 4.78 is 0. The number of aromatic nitrogens is 4. The summed E-state index contributed by atoms with van der Waals surface area (Å²) in [6, 6.07) is 4.38. The van der Waals surface area contributed by atoms with Crippen molar-refractivity contribution in [3.05, 3.63) is 35.2 Å². The predicted molar refractivity (Wildman–Crippen MR) is 91.8 cm³/mol. The molecule has 4 heterocycles. The molecule has 0 unspecified atom stereocenters. The molecule has 0 bridgehead atoms. The Labute approximate surface area is 138 Å². The number of fused-ring (bicyclic) bond motifs is 1. The maximum atomic E-state index is 6.34. The first-order valence-electron chi connectivity index (χ1n) is 7.65. The van der Waals surface area contributed by atoms with Crippen molar-refractivity contribution >= 4 is 28.6 Å². The van der Waals surface area contributed by atoms with Crippen LogP contribution in [0.25, 0.3) is 22.3 Å². The van der Waals surface area contributed by atoms with E-state index in [1.54, 1.807) is 6.20 Å². The summed E-state index contributed by atoms with van der Waals surface area (Å²) in [4.78, 5) is 16.6. The highest BCUT2D eigenvalue weighted by Crippen LogP contribution is 2.32.